The van der Waals surface area contributed by atoms with Crippen LogP contribution in [0.5, 0.6) is 0 Å². The first-order valence-corrected chi connectivity index (χ1v) is 8.83. The molecule has 0 aromatic heterocycles. The van der Waals surface area contributed by atoms with Gasteiger partial charge in [0.1, 0.15) is 5.54 Å². The van der Waals surface area contributed by atoms with Gasteiger partial charge in [0, 0.05) is 12.6 Å². The second kappa shape index (κ2) is 7.59. The Morgan fingerprint density at radius 2 is 2.00 bits per heavy atom. The van der Waals surface area contributed by atoms with Gasteiger partial charge in [-0.2, -0.15) is 0 Å². The zero-order valence-electron chi connectivity index (χ0n) is 13.7. The topological polar surface area (TPSA) is 52.6 Å². The van der Waals surface area contributed by atoms with Crippen molar-refractivity contribution < 1.29 is 9.90 Å². The maximum atomic E-state index is 11.7. The maximum absolute atomic E-state index is 11.7. The summed E-state index contributed by atoms with van der Waals surface area (Å²) in [4.78, 5) is 14.2. The number of nitrogens with one attached hydrogen (secondary N) is 1. The average molecular weight is 296 g/mol. The molecule has 4 heteroatoms. The van der Waals surface area contributed by atoms with Crippen molar-refractivity contribution in [3.8, 4) is 0 Å². The van der Waals surface area contributed by atoms with Crippen LogP contribution >= 0.6 is 0 Å². The Labute approximate surface area is 129 Å². The maximum Gasteiger partial charge on any atom is 0.323 e. The van der Waals surface area contributed by atoms with Crippen molar-refractivity contribution in [3.63, 3.8) is 0 Å². The Morgan fingerprint density at radius 1 is 1.29 bits per heavy atom. The van der Waals surface area contributed by atoms with E-state index in [0.717, 1.165) is 44.7 Å². The molecule has 2 saturated carbocycles. The largest absolute Gasteiger partial charge is 0.480 e. The molecule has 4 nitrogen and oxygen atoms in total. The first-order valence-electron chi connectivity index (χ1n) is 8.83. The van der Waals surface area contributed by atoms with Crippen molar-refractivity contribution in [1.29, 1.82) is 0 Å². The highest BCUT2D eigenvalue weighted by Gasteiger charge is 2.40. The molecule has 122 valence electrons. The van der Waals surface area contributed by atoms with Gasteiger partial charge in [-0.05, 0) is 64.0 Å². The summed E-state index contributed by atoms with van der Waals surface area (Å²) in [5, 5.41) is 13.0. The third kappa shape index (κ3) is 4.68. The van der Waals surface area contributed by atoms with E-state index in [-0.39, 0.29) is 0 Å². The number of carbonyl (C=O) groups is 1. The minimum absolute atomic E-state index is 0.443. The first kappa shape index (κ1) is 16.8. The molecule has 0 spiro atoms. The zero-order chi connectivity index (χ0) is 15.3. The highest BCUT2D eigenvalue weighted by atomic mass is 16.4. The number of carboxylic acids is 1. The van der Waals surface area contributed by atoms with Crippen LogP contribution in [0.25, 0.3) is 0 Å². The van der Waals surface area contributed by atoms with E-state index in [0.29, 0.717) is 12.5 Å². The fourth-order valence-corrected chi connectivity index (χ4v) is 3.31. The van der Waals surface area contributed by atoms with Gasteiger partial charge < -0.3 is 10.0 Å². The van der Waals surface area contributed by atoms with Gasteiger partial charge in [0.2, 0.25) is 0 Å². The molecule has 0 amide bonds. The van der Waals surface area contributed by atoms with Gasteiger partial charge in [-0.15, -0.1) is 0 Å². The Bertz CT molecular complexity index is 340. The SMILES string of the molecule is CCN(CCCC(CC)(NC1CC1)C(=O)O)CC1CCC1. The van der Waals surface area contributed by atoms with E-state index in [1.807, 2.05) is 6.92 Å². The van der Waals surface area contributed by atoms with Gasteiger partial charge in [-0.3, -0.25) is 10.1 Å². The fourth-order valence-electron chi connectivity index (χ4n) is 3.31. The molecule has 2 fully saturated rings. The number of rotatable bonds is 11. The van der Waals surface area contributed by atoms with Crippen LogP contribution in [0.4, 0.5) is 0 Å². The summed E-state index contributed by atoms with van der Waals surface area (Å²) in [5.41, 5.74) is -0.697. The third-order valence-corrected chi connectivity index (χ3v) is 5.34. The van der Waals surface area contributed by atoms with Gasteiger partial charge in [0.05, 0.1) is 0 Å². The second-order valence-electron chi connectivity index (χ2n) is 6.95. The molecule has 0 radical (unpaired) electrons. The molecule has 21 heavy (non-hydrogen) atoms. The van der Waals surface area contributed by atoms with E-state index >= 15 is 0 Å². The minimum atomic E-state index is -0.697. The standard InChI is InChI=1S/C17H32N2O2/c1-3-17(16(20)21,18-15-9-10-15)11-6-12-19(4-2)13-14-7-5-8-14/h14-15,18H,3-13H2,1-2H3,(H,20,21). The summed E-state index contributed by atoms with van der Waals surface area (Å²) in [6.45, 7) is 7.53. The molecule has 2 aliphatic carbocycles. The monoisotopic (exact) mass is 296 g/mol. The Hall–Kier alpha value is -0.610. The average Bonchev–Trinajstić information content (AvgIpc) is 3.22. The molecule has 0 aromatic rings. The molecule has 0 heterocycles. The molecule has 2 rings (SSSR count). The lowest BCUT2D eigenvalue weighted by Gasteiger charge is -2.33. The van der Waals surface area contributed by atoms with Crippen LogP contribution in [0.1, 0.15) is 65.2 Å². The first-order chi connectivity index (χ1) is 10.1. The Kier molecular flexibility index (Phi) is 6.06. The summed E-state index contributed by atoms with van der Waals surface area (Å²) < 4.78 is 0. The third-order valence-electron chi connectivity index (χ3n) is 5.34. The van der Waals surface area contributed by atoms with Crippen molar-refractivity contribution in [3.05, 3.63) is 0 Å². The Balaban J connectivity index is 1.77. The molecular weight excluding hydrogens is 264 g/mol. The van der Waals surface area contributed by atoms with E-state index in [9.17, 15) is 9.90 Å². The molecule has 1 atom stereocenters. The second-order valence-corrected chi connectivity index (χ2v) is 6.95. The predicted octanol–water partition coefficient (Wildman–Crippen LogP) is 2.87. The van der Waals surface area contributed by atoms with E-state index in [1.54, 1.807) is 0 Å². The molecule has 1 unspecified atom stereocenters. The van der Waals surface area contributed by atoms with E-state index < -0.39 is 11.5 Å². The van der Waals surface area contributed by atoms with Gasteiger partial charge in [-0.25, -0.2) is 0 Å². The fraction of sp³-hybridized carbons (Fsp3) is 0.941. The van der Waals surface area contributed by atoms with Gasteiger partial charge >= 0.3 is 5.97 Å². The summed E-state index contributed by atoms with van der Waals surface area (Å²) in [6, 6.07) is 0.443. The summed E-state index contributed by atoms with van der Waals surface area (Å²) in [7, 11) is 0. The van der Waals surface area contributed by atoms with E-state index in [4.69, 9.17) is 0 Å². The van der Waals surface area contributed by atoms with Crippen molar-refractivity contribution in [2.24, 2.45) is 5.92 Å². The highest BCUT2D eigenvalue weighted by Crippen LogP contribution is 2.29. The van der Waals surface area contributed by atoms with Crippen molar-refractivity contribution in [2.75, 3.05) is 19.6 Å². The van der Waals surface area contributed by atoms with Gasteiger partial charge in [-0.1, -0.05) is 20.3 Å². The molecule has 0 saturated heterocycles. The number of carboxylic acid groups (broad SMARTS) is 1. The van der Waals surface area contributed by atoms with Crippen LogP contribution in [0.15, 0.2) is 0 Å². The number of hydrogen-bond acceptors (Lipinski definition) is 3. The number of hydrogen-bond donors (Lipinski definition) is 2. The van der Waals surface area contributed by atoms with Crippen LogP contribution in [0.3, 0.4) is 0 Å². The van der Waals surface area contributed by atoms with Crippen molar-refractivity contribution in [2.45, 2.75) is 76.8 Å². The summed E-state index contributed by atoms with van der Waals surface area (Å²) in [6.07, 6.45) is 8.83. The molecule has 0 aromatic carbocycles. The molecular formula is C17H32N2O2. The molecule has 0 bridgehead atoms. The summed E-state index contributed by atoms with van der Waals surface area (Å²) >= 11 is 0. The van der Waals surface area contributed by atoms with E-state index in [2.05, 4.69) is 17.1 Å². The van der Waals surface area contributed by atoms with Crippen LogP contribution in [0, 0.1) is 5.92 Å². The van der Waals surface area contributed by atoms with Gasteiger partial charge in [0.25, 0.3) is 0 Å². The van der Waals surface area contributed by atoms with Crippen LogP contribution in [-0.2, 0) is 4.79 Å². The predicted molar refractivity (Wildman–Crippen MR) is 85.5 cm³/mol. The van der Waals surface area contributed by atoms with Crippen molar-refractivity contribution in [1.82, 2.24) is 10.2 Å². The lowest BCUT2D eigenvalue weighted by molar-refractivity contribution is -0.145. The molecule has 2 aliphatic rings. The van der Waals surface area contributed by atoms with Crippen LogP contribution in [-0.4, -0.2) is 47.2 Å². The lowest BCUT2D eigenvalue weighted by atomic mass is 9.85. The normalized spacial score (nSPS) is 22.0. The molecule has 0 aliphatic heterocycles. The smallest absolute Gasteiger partial charge is 0.323 e. The van der Waals surface area contributed by atoms with Gasteiger partial charge in [0.15, 0.2) is 0 Å². The summed E-state index contributed by atoms with van der Waals surface area (Å²) in [5.74, 6) is 0.226. The zero-order valence-corrected chi connectivity index (χ0v) is 13.7. The molecule has 2 N–H and O–H groups in total. The van der Waals surface area contributed by atoms with Crippen LogP contribution < -0.4 is 5.32 Å². The number of nitrogens with zero attached hydrogens (tertiary/aromatic N) is 1. The van der Waals surface area contributed by atoms with Crippen LogP contribution in [0.2, 0.25) is 0 Å². The van der Waals surface area contributed by atoms with Crippen molar-refractivity contribution >= 4 is 5.97 Å². The van der Waals surface area contributed by atoms with E-state index in [1.165, 1.54) is 25.8 Å². The number of aliphatic carboxylic acids is 1. The quantitative estimate of drug-likeness (QED) is 0.615. The minimum Gasteiger partial charge on any atom is -0.480 e. The highest BCUT2D eigenvalue weighted by molar-refractivity contribution is 5.78. The lowest BCUT2D eigenvalue weighted by Crippen LogP contribution is -2.53. The Morgan fingerprint density at radius 3 is 2.43 bits per heavy atom.